The summed E-state index contributed by atoms with van der Waals surface area (Å²) >= 11 is 1.26. The van der Waals surface area contributed by atoms with Gasteiger partial charge in [0, 0.05) is 11.3 Å². The molecule has 0 unspecified atom stereocenters. The molecule has 7 nitrogen and oxygen atoms in total. The normalized spacial score (nSPS) is 22.5. The summed E-state index contributed by atoms with van der Waals surface area (Å²) in [5, 5.41) is 11.4. The van der Waals surface area contributed by atoms with Crippen LogP contribution in [0.3, 0.4) is 0 Å². The molecule has 2 amide bonds. The van der Waals surface area contributed by atoms with Crippen LogP contribution < -0.4 is 5.32 Å². The van der Waals surface area contributed by atoms with E-state index in [1.165, 1.54) is 11.8 Å². The summed E-state index contributed by atoms with van der Waals surface area (Å²) in [6.07, 6.45) is 0.602. The van der Waals surface area contributed by atoms with Crippen LogP contribution in [0.15, 0.2) is 41.6 Å². The Morgan fingerprint density at radius 2 is 2.04 bits per heavy atom. The van der Waals surface area contributed by atoms with E-state index in [0.717, 1.165) is 10.5 Å². The van der Waals surface area contributed by atoms with Crippen LogP contribution in [0.4, 0.5) is 0 Å². The lowest BCUT2D eigenvalue weighted by Crippen LogP contribution is -2.70. The summed E-state index contributed by atoms with van der Waals surface area (Å²) in [5.41, 5.74) is 0.614. The zero-order valence-electron chi connectivity index (χ0n) is 12.5. The van der Waals surface area contributed by atoms with Gasteiger partial charge in [-0.2, -0.15) is 0 Å². The number of benzene rings is 1. The van der Waals surface area contributed by atoms with Gasteiger partial charge in [-0.05, 0) is 5.56 Å². The van der Waals surface area contributed by atoms with Crippen LogP contribution in [0.5, 0.6) is 0 Å². The van der Waals surface area contributed by atoms with Gasteiger partial charge in [0.1, 0.15) is 23.4 Å². The minimum Gasteiger partial charge on any atom is -0.477 e. The van der Waals surface area contributed by atoms with Gasteiger partial charge in [0.25, 0.3) is 5.91 Å². The fourth-order valence-electron chi connectivity index (χ4n) is 2.74. The van der Waals surface area contributed by atoms with Gasteiger partial charge < -0.3 is 10.4 Å². The first kappa shape index (κ1) is 16.3. The number of aliphatic carboxylic acids is 1. The molecule has 0 bridgehead atoms. The average Bonchev–Trinajstić information content (AvgIpc) is 2.58. The predicted molar refractivity (Wildman–Crippen MR) is 85.9 cm³/mol. The van der Waals surface area contributed by atoms with E-state index in [9.17, 15) is 24.3 Å². The quantitative estimate of drug-likeness (QED) is 0.582. The van der Waals surface area contributed by atoms with E-state index in [0.29, 0.717) is 6.29 Å². The van der Waals surface area contributed by atoms with Gasteiger partial charge in [0.15, 0.2) is 0 Å². The number of nitrogens with one attached hydrogen (secondary N) is 1. The molecule has 1 saturated heterocycles. The molecule has 0 aliphatic carbocycles. The van der Waals surface area contributed by atoms with E-state index in [1.807, 2.05) is 30.3 Å². The number of hydrogen-bond donors (Lipinski definition) is 2. The molecular weight excluding hydrogens is 332 g/mol. The largest absolute Gasteiger partial charge is 0.477 e. The van der Waals surface area contributed by atoms with Gasteiger partial charge in [0.2, 0.25) is 5.91 Å². The van der Waals surface area contributed by atoms with E-state index in [4.69, 9.17) is 0 Å². The number of carbonyl (C=O) groups is 4. The van der Waals surface area contributed by atoms with Crippen LogP contribution in [0.1, 0.15) is 5.56 Å². The monoisotopic (exact) mass is 346 g/mol. The number of carbonyl (C=O) groups excluding carboxylic acids is 3. The molecule has 3 rings (SSSR count). The lowest BCUT2D eigenvalue weighted by Gasteiger charge is -2.49. The number of β-lactam (4-membered cyclic amide) rings is 1. The zero-order chi connectivity index (χ0) is 17.3. The Hall–Kier alpha value is -2.61. The second-order valence-corrected chi connectivity index (χ2v) is 6.52. The molecule has 0 radical (unpaired) electrons. The molecule has 8 heteroatoms. The van der Waals surface area contributed by atoms with Crippen LogP contribution in [-0.2, 0) is 25.6 Å². The summed E-state index contributed by atoms with van der Waals surface area (Å²) in [7, 11) is 0. The number of aldehydes is 1. The number of fused-ring (bicyclic) bond motifs is 1. The summed E-state index contributed by atoms with van der Waals surface area (Å²) < 4.78 is 0. The maximum absolute atomic E-state index is 12.2. The molecule has 0 saturated carbocycles. The van der Waals surface area contributed by atoms with Crippen molar-refractivity contribution in [2.75, 3.05) is 5.75 Å². The SMILES string of the molecule is O=CC1=C(C(=O)O)N2C(=O)[C@@H](NC(=O)Cc3ccccc3)[C@H]2SC1. The molecular formula is C16H14N2O5S. The Morgan fingerprint density at radius 1 is 1.33 bits per heavy atom. The molecule has 2 aliphatic heterocycles. The molecule has 1 aromatic rings. The van der Waals surface area contributed by atoms with E-state index in [2.05, 4.69) is 5.32 Å². The Bertz CT molecular complexity index is 746. The van der Waals surface area contributed by atoms with Crippen molar-refractivity contribution in [3.8, 4) is 0 Å². The molecule has 2 atom stereocenters. The Morgan fingerprint density at radius 3 is 2.67 bits per heavy atom. The number of rotatable bonds is 5. The molecule has 2 aliphatic rings. The predicted octanol–water partition coefficient (Wildman–Crippen LogP) is 0.167. The van der Waals surface area contributed by atoms with Gasteiger partial charge in [-0.1, -0.05) is 30.3 Å². The van der Waals surface area contributed by atoms with E-state index in [1.54, 1.807) is 0 Å². The topological polar surface area (TPSA) is 104 Å². The van der Waals surface area contributed by atoms with Crippen molar-refractivity contribution in [3.63, 3.8) is 0 Å². The van der Waals surface area contributed by atoms with Gasteiger partial charge in [-0.25, -0.2) is 4.79 Å². The van der Waals surface area contributed by atoms with Crippen molar-refractivity contribution in [1.82, 2.24) is 10.2 Å². The van der Waals surface area contributed by atoms with Crippen molar-refractivity contribution < 1.29 is 24.3 Å². The Labute approximate surface area is 141 Å². The molecule has 1 fully saturated rings. The third-order valence-electron chi connectivity index (χ3n) is 3.87. The fraction of sp³-hybridized carbons (Fsp3) is 0.250. The van der Waals surface area contributed by atoms with Crippen molar-refractivity contribution in [1.29, 1.82) is 0 Å². The highest BCUT2D eigenvalue weighted by Gasteiger charge is 2.54. The van der Waals surface area contributed by atoms with Gasteiger partial charge >= 0.3 is 5.97 Å². The number of amides is 2. The minimum absolute atomic E-state index is 0.0752. The maximum Gasteiger partial charge on any atom is 0.353 e. The second kappa shape index (κ2) is 6.48. The summed E-state index contributed by atoms with van der Waals surface area (Å²) in [6, 6.07) is 8.34. The highest BCUT2D eigenvalue weighted by atomic mass is 32.2. The first-order valence-electron chi connectivity index (χ1n) is 7.22. The third kappa shape index (κ3) is 2.80. The van der Waals surface area contributed by atoms with Gasteiger partial charge in [0.05, 0.1) is 6.42 Å². The summed E-state index contributed by atoms with van der Waals surface area (Å²) in [5.74, 6) is -1.93. The van der Waals surface area contributed by atoms with Crippen molar-refractivity contribution in [2.24, 2.45) is 0 Å². The smallest absolute Gasteiger partial charge is 0.353 e. The fourth-order valence-corrected chi connectivity index (χ4v) is 4.03. The number of nitrogens with zero attached hydrogens (tertiary/aromatic N) is 1. The first-order valence-corrected chi connectivity index (χ1v) is 8.27. The molecule has 24 heavy (non-hydrogen) atoms. The molecule has 0 spiro atoms. The van der Waals surface area contributed by atoms with E-state index >= 15 is 0 Å². The number of thioether (sulfide) groups is 1. The lowest BCUT2D eigenvalue weighted by atomic mass is 10.0. The van der Waals surface area contributed by atoms with Crippen LogP contribution in [0.25, 0.3) is 0 Å². The first-order chi connectivity index (χ1) is 11.5. The molecule has 124 valence electrons. The Kier molecular flexibility index (Phi) is 4.39. The average molecular weight is 346 g/mol. The highest BCUT2D eigenvalue weighted by molar-refractivity contribution is 8.00. The van der Waals surface area contributed by atoms with E-state index in [-0.39, 0.29) is 29.4 Å². The summed E-state index contributed by atoms with van der Waals surface area (Å²) in [6.45, 7) is 0. The van der Waals surface area contributed by atoms with Crippen molar-refractivity contribution >= 4 is 35.8 Å². The molecule has 0 aromatic heterocycles. The Balaban J connectivity index is 1.70. The third-order valence-corrected chi connectivity index (χ3v) is 5.17. The van der Waals surface area contributed by atoms with Gasteiger partial charge in [-0.15, -0.1) is 11.8 Å². The standard InChI is InChI=1S/C16H14N2O5S/c19-7-10-8-24-15-12(14(21)18(15)13(10)16(22)23)17-11(20)6-9-4-2-1-3-5-9/h1-5,7,12,15H,6,8H2,(H,17,20)(H,22,23)/t12-,15-/m1/s1. The molecule has 2 N–H and O–H groups in total. The molecule has 2 heterocycles. The van der Waals surface area contributed by atoms with Crippen molar-refractivity contribution in [3.05, 3.63) is 47.2 Å². The van der Waals surface area contributed by atoms with E-state index < -0.39 is 23.3 Å². The van der Waals surface area contributed by atoms with Crippen LogP contribution >= 0.6 is 11.8 Å². The molecule has 1 aromatic carbocycles. The zero-order valence-corrected chi connectivity index (χ0v) is 13.3. The minimum atomic E-state index is -1.31. The lowest BCUT2D eigenvalue weighted by molar-refractivity contribution is -0.150. The summed E-state index contributed by atoms with van der Waals surface area (Å²) in [4.78, 5) is 47.7. The van der Waals surface area contributed by atoms with Crippen molar-refractivity contribution in [2.45, 2.75) is 17.8 Å². The van der Waals surface area contributed by atoms with Crippen LogP contribution in [-0.4, -0.2) is 51.2 Å². The van der Waals surface area contributed by atoms with Gasteiger partial charge in [-0.3, -0.25) is 19.3 Å². The van der Waals surface area contributed by atoms with Crippen LogP contribution in [0, 0.1) is 0 Å². The number of carboxylic acids is 1. The number of carboxylic acid groups (broad SMARTS) is 1. The number of hydrogen-bond acceptors (Lipinski definition) is 5. The van der Waals surface area contributed by atoms with Crippen LogP contribution in [0.2, 0.25) is 0 Å². The second-order valence-electron chi connectivity index (χ2n) is 5.41. The highest BCUT2D eigenvalue weighted by Crippen LogP contribution is 2.39. The maximum atomic E-state index is 12.2.